The molecule has 0 spiro atoms. The van der Waals surface area contributed by atoms with Gasteiger partial charge in [0.2, 0.25) is 5.91 Å². The fourth-order valence-corrected chi connectivity index (χ4v) is 6.25. The minimum Gasteiger partial charge on any atom is -0.485 e. The molecule has 2 heterocycles. The van der Waals surface area contributed by atoms with Crippen LogP contribution in [-0.4, -0.2) is 38.6 Å². The number of carbonyl (C=O) groups excluding carboxylic acids is 1. The summed E-state index contributed by atoms with van der Waals surface area (Å²) in [5, 5.41) is 12.4. The normalized spacial score (nSPS) is 28.4. The van der Waals surface area contributed by atoms with Gasteiger partial charge in [0.05, 0.1) is 5.25 Å². The number of nitrogens with one attached hydrogen (secondary N) is 1. The number of ether oxygens (including phenoxy) is 2. The van der Waals surface area contributed by atoms with E-state index in [9.17, 15) is 4.79 Å². The number of aromatic nitrogens is 3. The van der Waals surface area contributed by atoms with E-state index in [0.717, 1.165) is 17.6 Å². The molecule has 2 aromatic rings. The van der Waals surface area contributed by atoms with E-state index in [2.05, 4.69) is 22.4 Å². The third-order valence-corrected chi connectivity index (χ3v) is 8.26. The summed E-state index contributed by atoms with van der Waals surface area (Å²) in [7, 11) is 1.91. The van der Waals surface area contributed by atoms with Gasteiger partial charge in [0, 0.05) is 13.1 Å². The fourth-order valence-electron chi connectivity index (χ4n) is 5.42. The summed E-state index contributed by atoms with van der Waals surface area (Å²) in [6.07, 6.45) is 5.01. The van der Waals surface area contributed by atoms with Crippen LogP contribution in [0.4, 0.5) is 0 Å². The number of hydrogen-bond donors (Lipinski definition) is 1. The van der Waals surface area contributed by atoms with Crippen molar-refractivity contribution in [2.24, 2.45) is 24.8 Å². The Morgan fingerprint density at radius 3 is 2.74 bits per heavy atom. The molecule has 2 bridgehead atoms. The summed E-state index contributed by atoms with van der Waals surface area (Å²) in [6.45, 7) is 4.47. The first kappa shape index (κ1) is 20.7. The number of hydrogen-bond acceptors (Lipinski definition) is 6. The highest BCUT2D eigenvalue weighted by molar-refractivity contribution is 8.00. The van der Waals surface area contributed by atoms with Gasteiger partial charge in [0.15, 0.2) is 28.6 Å². The molecule has 6 unspecified atom stereocenters. The molecule has 1 aliphatic heterocycles. The molecule has 2 fully saturated rings. The summed E-state index contributed by atoms with van der Waals surface area (Å²) >= 11 is 1.43. The van der Waals surface area contributed by atoms with E-state index in [1.165, 1.54) is 37.4 Å². The number of rotatable bonds is 6. The topological polar surface area (TPSA) is 78.3 Å². The van der Waals surface area contributed by atoms with Crippen LogP contribution in [0.15, 0.2) is 29.4 Å². The van der Waals surface area contributed by atoms with E-state index in [0.29, 0.717) is 29.3 Å². The zero-order valence-corrected chi connectivity index (χ0v) is 19.1. The van der Waals surface area contributed by atoms with Crippen molar-refractivity contribution in [1.29, 1.82) is 0 Å². The monoisotopic (exact) mass is 442 g/mol. The van der Waals surface area contributed by atoms with Crippen LogP contribution in [-0.2, 0) is 11.8 Å². The van der Waals surface area contributed by atoms with Gasteiger partial charge in [-0.1, -0.05) is 30.3 Å². The second kappa shape index (κ2) is 8.37. The minimum atomic E-state index is -0.330. The maximum absolute atomic E-state index is 12.8. The van der Waals surface area contributed by atoms with Gasteiger partial charge in [-0.15, -0.1) is 10.2 Å². The summed E-state index contributed by atoms with van der Waals surface area (Å²) < 4.78 is 13.8. The molecule has 3 aliphatic rings. The van der Waals surface area contributed by atoms with Gasteiger partial charge in [-0.2, -0.15) is 0 Å². The Balaban J connectivity index is 1.20. The molecule has 5 rings (SSSR count). The number of amides is 1. The van der Waals surface area contributed by atoms with Crippen molar-refractivity contribution < 1.29 is 14.3 Å². The SMILES string of the molecule is CC(Sc1nnc(C2COc3ccccc3O2)n1C)C(=O)NC(C)C1CC2CCC1C2. The molecule has 2 aliphatic carbocycles. The van der Waals surface area contributed by atoms with E-state index in [1.54, 1.807) is 0 Å². The molecule has 7 nitrogen and oxygen atoms in total. The number of fused-ring (bicyclic) bond motifs is 3. The average Bonchev–Trinajstić information content (AvgIpc) is 3.50. The fraction of sp³-hybridized carbons (Fsp3) is 0.609. The first-order valence-corrected chi connectivity index (χ1v) is 12.1. The lowest BCUT2D eigenvalue weighted by Gasteiger charge is -2.29. The second-order valence-electron chi connectivity index (χ2n) is 9.16. The van der Waals surface area contributed by atoms with Gasteiger partial charge in [0.1, 0.15) is 6.61 Å². The zero-order chi connectivity index (χ0) is 21.5. The summed E-state index contributed by atoms with van der Waals surface area (Å²) in [5.41, 5.74) is 0. The predicted molar refractivity (Wildman–Crippen MR) is 118 cm³/mol. The van der Waals surface area contributed by atoms with Crippen molar-refractivity contribution in [2.45, 2.75) is 62.1 Å². The van der Waals surface area contributed by atoms with Crippen molar-refractivity contribution in [1.82, 2.24) is 20.1 Å². The molecular weight excluding hydrogens is 412 g/mol. The molecule has 2 saturated carbocycles. The van der Waals surface area contributed by atoms with Crippen molar-refractivity contribution >= 4 is 17.7 Å². The molecule has 1 aromatic heterocycles. The summed E-state index contributed by atoms with van der Waals surface area (Å²) in [4.78, 5) is 12.8. The molecule has 8 heteroatoms. The van der Waals surface area contributed by atoms with E-state index >= 15 is 0 Å². The average molecular weight is 443 g/mol. The Morgan fingerprint density at radius 1 is 1.19 bits per heavy atom. The highest BCUT2D eigenvalue weighted by atomic mass is 32.2. The lowest BCUT2D eigenvalue weighted by molar-refractivity contribution is -0.121. The molecule has 1 N–H and O–H groups in total. The van der Waals surface area contributed by atoms with Crippen molar-refractivity contribution in [3.8, 4) is 11.5 Å². The van der Waals surface area contributed by atoms with Crippen LogP contribution in [0.3, 0.4) is 0 Å². The van der Waals surface area contributed by atoms with Crippen LogP contribution in [0.1, 0.15) is 51.5 Å². The van der Waals surface area contributed by atoms with E-state index in [1.807, 2.05) is 42.8 Å². The molecule has 1 aromatic carbocycles. The van der Waals surface area contributed by atoms with Crippen LogP contribution in [0.25, 0.3) is 0 Å². The van der Waals surface area contributed by atoms with Gasteiger partial charge < -0.3 is 19.4 Å². The zero-order valence-electron chi connectivity index (χ0n) is 18.3. The molecule has 31 heavy (non-hydrogen) atoms. The van der Waals surface area contributed by atoms with Gasteiger partial charge >= 0.3 is 0 Å². The summed E-state index contributed by atoms with van der Waals surface area (Å²) in [6, 6.07) is 7.84. The van der Waals surface area contributed by atoms with Gasteiger partial charge in [0.25, 0.3) is 0 Å². The maximum Gasteiger partial charge on any atom is 0.233 e. The van der Waals surface area contributed by atoms with Crippen LogP contribution < -0.4 is 14.8 Å². The first-order valence-electron chi connectivity index (χ1n) is 11.2. The third kappa shape index (κ3) is 4.02. The molecular formula is C23H30N4O3S. The molecule has 166 valence electrons. The predicted octanol–water partition coefficient (Wildman–Crippen LogP) is 3.75. The molecule has 0 saturated heterocycles. The Morgan fingerprint density at radius 2 is 2.00 bits per heavy atom. The number of thioether (sulfide) groups is 1. The number of para-hydroxylation sites is 2. The smallest absolute Gasteiger partial charge is 0.233 e. The maximum atomic E-state index is 12.8. The van der Waals surface area contributed by atoms with Gasteiger partial charge in [-0.3, -0.25) is 4.79 Å². The molecule has 0 radical (unpaired) electrons. The summed E-state index contributed by atoms with van der Waals surface area (Å²) in [5.74, 6) is 4.52. The van der Waals surface area contributed by atoms with Crippen LogP contribution >= 0.6 is 11.8 Å². The quantitative estimate of drug-likeness (QED) is 0.687. The third-order valence-electron chi connectivity index (χ3n) is 7.12. The lowest BCUT2D eigenvalue weighted by atomic mass is 9.84. The number of benzene rings is 1. The van der Waals surface area contributed by atoms with Crippen LogP contribution in [0.2, 0.25) is 0 Å². The highest BCUT2D eigenvalue weighted by Gasteiger charge is 2.42. The molecule has 6 atom stereocenters. The number of nitrogens with zero attached hydrogens (tertiary/aromatic N) is 3. The second-order valence-corrected chi connectivity index (χ2v) is 10.5. The molecule has 1 amide bonds. The van der Waals surface area contributed by atoms with Crippen molar-refractivity contribution in [3.05, 3.63) is 30.1 Å². The minimum absolute atomic E-state index is 0.0657. The largest absolute Gasteiger partial charge is 0.485 e. The van der Waals surface area contributed by atoms with Crippen molar-refractivity contribution in [2.75, 3.05) is 6.61 Å². The first-order chi connectivity index (χ1) is 15.0. The Bertz CT molecular complexity index is 964. The number of carbonyl (C=O) groups is 1. The Kier molecular flexibility index (Phi) is 5.58. The highest BCUT2D eigenvalue weighted by Crippen LogP contribution is 2.49. The van der Waals surface area contributed by atoms with Gasteiger partial charge in [-0.25, -0.2) is 0 Å². The van der Waals surface area contributed by atoms with E-state index < -0.39 is 0 Å². The van der Waals surface area contributed by atoms with Gasteiger partial charge in [-0.05, 0) is 63.0 Å². The van der Waals surface area contributed by atoms with E-state index in [4.69, 9.17) is 9.47 Å². The Hall–Kier alpha value is -2.22. The lowest BCUT2D eigenvalue weighted by Crippen LogP contribution is -2.43. The Labute approximate surface area is 187 Å². The van der Waals surface area contributed by atoms with Crippen LogP contribution in [0, 0.1) is 17.8 Å². The van der Waals surface area contributed by atoms with Crippen LogP contribution in [0.5, 0.6) is 11.5 Å². The van der Waals surface area contributed by atoms with E-state index in [-0.39, 0.29) is 23.3 Å². The van der Waals surface area contributed by atoms with Crippen molar-refractivity contribution in [3.63, 3.8) is 0 Å². The standard InChI is InChI=1S/C23H30N4O3S/c1-13(17-11-15-8-9-16(17)10-15)24-22(28)14(2)31-23-26-25-21(27(23)3)20-12-29-18-6-4-5-7-19(18)30-20/h4-7,13-17,20H,8-12H2,1-3H3,(H,24,28).